The number of hydrogen-bond donors (Lipinski definition) is 1. The topological polar surface area (TPSA) is 89.2 Å². The lowest BCUT2D eigenvalue weighted by atomic mass is 9.95. The molecule has 1 saturated heterocycles. The number of methoxy groups -OCH3 is 1. The molecule has 1 fully saturated rings. The van der Waals surface area contributed by atoms with Crippen molar-refractivity contribution in [2.45, 2.75) is 38.8 Å². The van der Waals surface area contributed by atoms with Gasteiger partial charge in [-0.15, -0.1) is 0 Å². The van der Waals surface area contributed by atoms with E-state index in [1.807, 2.05) is 6.07 Å². The number of aliphatic hydroxyl groups is 1. The first-order valence-corrected chi connectivity index (χ1v) is 11.7. The number of carbonyl (C=O) groups excluding carboxylic acids is 2. The van der Waals surface area contributed by atoms with Gasteiger partial charge in [-0.1, -0.05) is 56.2 Å². The quantitative estimate of drug-likeness (QED) is 0.181. The van der Waals surface area contributed by atoms with Gasteiger partial charge in [-0.3, -0.25) is 9.59 Å². The number of ether oxygens (including phenoxy) is 2. The summed E-state index contributed by atoms with van der Waals surface area (Å²) < 4.78 is 16.9. The molecule has 1 N–H and O–H groups in total. The van der Waals surface area contributed by atoms with E-state index in [9.17, 15) is 14.7 Å². The highest BCUT2D eigenvalue weighted by atomic mass is 16.5. The summed E-state index contributed by atoms with van der Waals surface area (Å²) in [4.78, 5) is 27.7. The van der Waals surface area contributed by atoms with Gasteiger partial charge in [0.15, 0.2) is 11.5 Å². The van der Waals surface area contributed by atoms with Crippen LogP contribution in [0.1, 0.15) is 49.1 Å². The third kappa shape index (κ3) is 5.09. The molecule has 0 spiro atoms. The Morgan fingerprint density at radius 1 is 1.03 bits per heavy atom. The number of unbranched alkanes of at least 4 members (excludes halogenated alkanes) is 2. The number of benzene rings is 2. The van der Waals surface area contributed by atoms with Crippen molar-refractivity contribution in [2.24, 2.45) is 0 Å². The molecular formula is C28H29NO6. The van der Waals surface area contributed by atoms with E-state index in [2.05, 4.69) is 6.92 Å². The van der Waals surface area contributed by atoms with Crippen LogP contribution in [0.25, 0.3) is 5.76 Å². The fourth-order valence-electron chi connectivity index (χ4n) is 4.22. The summed E-state index contributed by atoms with van der Waals surface area (Å²) in [6, 6.07) is 16.7. The molecule has 2 heterocycles. The van der Waals surface area contributed by atoms with E-state index in [1.54, 1.807) is 61.7 Å². The van der Waals surface area contributed by atoms with Crippen LogP contribution >= 0.6 is 0 Å². The second-order valence-electron chi connectivity index (χ2n) is 8.34. The first-order valence-electron chi connectivity index (χ1n) is 11.7. The van der Waals surface area contributed by atoms with Crippen molar-refractivity contribution in [2.75, 3.05) is 13.7 Å². The number of ketones is 1. The molecule has 1 aromatic heterocycles. The van der Waals surface area contributed by atoms with Crippen molar-refractivity contribution in [3.8, 4) is 11.5 Å². The Bertz CT molecular complexity index is 1200. The Morgan fingerprint density at radius 2 is 1.83 bits per heavy atom. The standard InChI is InChI=1S/C28H29NO6/c1-3-4-8-15-35-22-14-13-20(17-23(22)33-2)25-24(26(30)19-10-6-5-7-11-19)27(31)28(32)29(25)18-21-12-9-16-34-21/h5-7,9-14,16-17,25,30H,3-4,8,15,18H2,1-2H3/b26-24+. The van der Waals surface area contributed by atoms with E-state index >= 15 is 0 Å². The van der Waals surface area contributed by atoms with Crippen molar-refractivity contribution < 1.29 is 28.6 Å². The second kappa shape index (κ2) is 11.0. The second-order valence-corrected chi connectivity index (χ2v) is 8.34. The zero-order valence-corrected chi connectivity index (χ0v) is 19.9. The third-order valence-electron chi connectivity index (χ3n) is 6.00. The van der Waals surface area contributed by atoms with E-state index in [1.165, 1.54) is 11.2 Å². The number of carbonyl (C=O) groups is 2. The van der Waals surface area contributed by atoms with Gasteiger partial charge in [-0.25, -0.2) is 0 Å². The minimum atomic E-state index is -0.830. The Morgan fingerprint density at radius 3 is 2.51 bits per heavy atom. The summed E-state index contributed by atoms with van der Waals surface area (Å²) in [6.07, 6.45) is 4.61. The van der Waals surface area contributed by atoms with Crippen LogP contribution in [0, 0.1) is 0 Å². The van der Waals surface area contributed by atoms with Gasteiger partial charge in [-0.05, 0) is 36.2 Å². The smallest absolute Gasteiger partial charge is 0.296 e. The van der Waals surface area contributed by atoms with Gasteiger partial charge in [0.05, 0.1) is 38.1 Å². The zero-order chi connectivity index (χ0) is 24.8. The normalized spacial score (nSPS) is 17.1. The van der Waals surface area contributed by atoms with Crippen molar-refractivity contribution in [3.63, 3.8) is 0 Å². The Kier molecular flexibility index (Phi) is 7.55. The summed E-state index contributed by atoms with van der Waals surface area (Å²) in [6.45, 7) is 2.77. The van der Waals surface area contributed by atoms with Crippen LogP contribution in [-0.4, -0.2) is 35.4 Å². The predicted octanol–water partition coefficient (Wildman–Crippen LogP) is 5.48. The maximum absolute atomic E-state index is 13.2. The summed E-state index contributed by atoms with van der Waals surface area (Å²) in [5.74, 6) is -0.0839. The Hall–Kier alpha value is -4.00. The minimum Gasteiger partial charge on any atom is -0.507 e. The third-order valence-corrected chi connectivity index (χ3v) is 6.00. The highest BCUT2D eigenvalue weighted by molar-refractivity contribution is 6.46. The first-order chi connectivity index (χ1) is 17.0. The van der Waals surface area contributed by atoms with Crippen LogP contribution in [0.5, 0.6) is 11.5 Å². The molecule has 0 saturated carbocycles. The summed E-state index contributed by atoms with van der Waals surface area (Å²) in [7, 11) is 1.54. The van der Waals surface area contributed by atoms with E-state index < -0.39 is 17.7 Å². The van der Waals surface area contributed by atoms with Gasteiger partial charge in [0.1, 0.15) is 11.5 Å². The summed E-state index contributed by atoms with van der Waals surface area (Å²) in [5, 5.41) is 11.1. The van der Waals surface area contributed by atoms with E-state index in [-0.39, 0.29) is 17.9 Å². The van der Waals surface area contributed by atoms with Crippen LogP contribution < -0.4 is 9.47 Å². The van der Waals surface area contributed by atoms with Gasteiger partial charge in [0.25, 0.3) is 11.7 Å². The van der Waals surface area contributed by atoms with Crippen molar-refractivity contribution in [1.82, 2.24) is 4.90 Å². The average Bonchev–Trinajstić information content (AvgIpc) is 3.49. The van der Waals surface area contributed by atoms with E-state index in [4.69, 9.17) is 13.9 Å². The van der Waals surface area contributed by atoms with Gasteiger partial charge < -0.3 is 23.9 Å². The molecular weight excluding hydrogens is 446 g/mol. The fraction of sp³-hybridized carbons (Fsp3) is 0.286. The molecule has 1 atom stereocenters. The van der Waals surface area contributed by atoms with Crippen LogP contribution in [0.3, 0.4) is 0 Å². The lowest BCUT2D eigenvalue weighted by Crippen LogP contribution is -2.29. The molecule has 4 rings (SSSR count). The Labute approximate surface area is 204 Å². The lowest BCUT2D eigenvalue weighted by molar-refractivity contribution is -0.140. The maximum Gasteiger partial charge on any atom is 0.296 e. The number of amides is 1. The molecule has 182 valence electrons. The van der Waals surface area contributed by atoms with E-state index in [0.29, 0.717) is 35.0 Å². The fourth-order valence-corrected chi connectivity index (χ4v) is 4.22. The first kappa shape index (κ1) is 24.1. The molecule has 7 nitrogen and oxygen atoms in total. The highest BCUT2D eigenvalue weighted by Crippen LogP contribution is 2.42. The van der Waals surface area contributed by atoms with Crippen molar-refractivity contribution in [3.05, 3.63) is 89.4 Å². The number of Topliss-reactive ketones (excluding diaryl/α,β-unsaturated/α-hetero) is 1. The molecule has 1 aliphatic heterocycles. The molecule has 0 aliphatic carbocycles. The van der Waals surface area contributed by atoms with Gasteiger partial charge >= 0.3 is 0 Å². The number of rotatable bonds is 10. The molecule has 1 unspecified atom stereocenters. The molecule has 7 heteroatoms. The summed E-state index contributed by atoms with van der Waals surface area (Å²) in [5.41, 5.74) is 1.09. The zero-order valence-electron chi connectivity index (χ0n) is 19.9. The molecule has 1 amide bonds. The largest absolute Gasteiger partial charge is 0.507 e. The van der Waals surface area contributed by atoms with Crippen LogP contribution in [0.2, 0.25) is 0 Å². The molecule has 1 aliphatic rings. The van der Waals surface area contributed by atoms with Gasteiger partial charge in [-0.2, -0.15) is 0 Å². The molecule has 35 heavy (non-hydrogen) atoms. The molecule has 0 radical (unpaired) electrons. The average molecular weight is 476 g/mol. The SMILES string of the molecule is CCCCCOc1ccc(C2/C(=C(\O)c3ccccc3)C(=O)C(=O)N2Cc2ccco2)cc1OC. The molecule has 0 bridgehead atoms. The maximum atomic E-state index is 13.2. The van der Waals surface area contributed by atoms with Gasteiger partial charge in [0, 0.05) is 5.56 Å². The predicted molar refractivity (Wildman–Crippen MR) is 131 cm³/mol. The van der Waals surface area contributed by atoms with Gasteiger partial charge in [0.2, 0.25) is 0 Å². The summed E-state index contributed by atoms with van der Waals surface area (Å²) >= 11 is 0. The highest BCUT2D eigenvalue weighted by Gasteiger charge is 2.46. The number of aliphatic hydroxyl groups excluding tert-OH is 1. The number of likely N-dealkylation sites (tertiary alicyclic amines) is 1. The monoisotopic (exact) mass is 475 g/mol. The Balaban J connectivity index is 1.77. The number of hydrogen-bond acceptors (Lipinski definition) is 6. The van der Waals surface area contributed by atoms with Crippen molar-refractivity contribution >= 4 is 17.4 Å². The lowest BCUT2D eigenvalue weighted by Gasteiger charge is -2.25. The number of nitrogens with zero attached hydrogens (tertiary/aromatic N) is 1. The minimum absolute atomic E-state index is 0.0198. The molecule has 3 aromatic rings. The van der Waals surface area contributed by atoms with Crippen LogP contribution in [-0.2, 0) is 16.1 Å². The van der Waals surface area contributed by atoms with Crippen LogP contribution in [0.4, 0.5) is 0 Å². The number of furan rings is 1. The molecule has 2 aromatic carbocycles. The van der Waals surface area contributed by atoms with Crippen LogP contribution in [0.15, 0.2) is 76.9 Å². The van der Waals surface area contributed by atoms with E-state index in [0.717, 1.165) is 19.3 Å². The van der Waals surface area contributed by atoms with Crippen molar-refractivity contribution in [1.29, 1.82) is 0 Å².